The lowest BCUT2D eigenvalue weighted by molar-refractivity contribution is 0.198. The van der Waals surface area contributed by atoms with E-state index in [1.54, 1.807) is 0 Å². The van der Waals surface area contributed by atoms with Crippen molar-refractivity contribution in [3.8, 4) is 16.9 Å². The molecule has 27 heavy (non-hydrogen) atoms. The number of hydrogen-bond donors (Lipinski definition) is 2. The van der Waals surface area contributed by atoms with Crippen molar-refractivity contribution in [3.63, 3.8) is 0 Å². The molecule has 0 radical (unpaired) electrons. The minimum absolute atomic E-state index is 0.0336. The molecule has 2 aliphatic heterocycles. The van der Waals surface area contributed by atoms with Crippen molar-refractivity contribution >= 4 is 11.8 Å². The summed E-state index contributed by atoms with van der Waals surface area (Å²) in [5.41, 5.74) is 3.73. The monoisotopic (exact) mass is 370 g/mol. The zero-order valence-corrected chi connectivity index (χ0v) is 15.8. The molecule has 2 aromatic rings. The summed E-state index contributed by atoms with van der Waals surface area (Å²) >= 11 is 0. The van der Waals surface area contributed by atoms with E-state index in [1.165, 1.54) is 4.90 Å². The second kappa shape index (κ2) is 7.23. The molecule has 7 nitrogen and oxygen atoms in total. The third-order valence-electron chi connectivity index (χ3n) is 5.45. The Labute approximate surface area is 158 Å². The van der Waals surface area contributed by atoms with Gasteiger partial charge in [-0.25, -0.2) is 4.79 Å². The number of ether oxygens (including phenoxy) is 1. The van der Waals surface area contributed by atoms with E-state index in [4.69, 9.17) is 4.74 Å². The van der Waals surface area contributed by atoms with E-state index in [-0.39, 0.29) is 6.04 Å². The van der Waals surface area contributed by atoms with Gasteiger partial charge in [0.15, 0.2) is 0 Å². The normalized spacial score (nSPS) is 19.5. The van der Waals surface area contributed by atoms with Crippen LogP contribution in [-0.4, -0.2) is 46.7 Å². The summed E-state index contributed by atoms with van der Waals surface area (Å²) in [6, 6.07) is 4.25. The van der Waals surface area contributed by atoms with Crippen LogP contribution in [0.4, 0.5) is 10.5 Å². The van der Waals surface area contributed by atoms with E-state index < -0.39 is 6.09 Å². The van der Waals surface area contributed by atoms with E-state index in [0.717, 1.165) is 60.5 Å². The van der Waals surface area contributed by atoms with Crippen molar-refractivity contribution in [1.82, 2.24) is 15.1 Å². The van der Waals surface area contributed by atoms with E-state index in [1.807, 2.05) is 29.9 Å². The average molecular weight is 370 g/mol. The van der Waals surface area contributed by atoms with Gasteiger partial charge in [0, 0.05) is 42.0 Å². The van der Waals surface area contributed by atoms with Crippen molar-refractivity contribution in [2.45, 2.75) is 45.2 Å². The summed E-state index contributed by atoms with van der Waals surface area (Å²) in [5.74, 6) is 0.804. The van der Waals surface area contributed by atoms with Crippen molar-refractivity contribution in [2.75, 3.05) is 24.6 Å². The summed E-state index contributed by atoms with van der Waals surface area (Å²) in [6.45, 7) is 6.51. The number of carboxylic acid groups (broad SMARTS) is 1. The number of benzene rings is 1. The molecule has 3 heterocycles. The highest BCUT2D eigenvalue weighted by Gasteiger charge is 2.31. The Balaban J connectivity index is 1.77. The summed E-state index contributed by atoms with van der Waals surface area (Å²) < 4.78 is 8.14. The fraction of sp³-hybridized carbons (Fsp3) is 0.500. The highest BCUT2D eigenvalue weighted by Crippen LogP contribution is 2.43. The molecule has 1 fully saturated rings. The standard InChI is InChI=1S/C20H26N4O3/c1-3-8-27-19-16(14-9-22-23(12-14)15-10-21-11-15)6-7-18-17(19)5-4-13(2)24(18)20(25)26/h6-7,9,12-13,15,21H,3-5,8,10-11H2,1-2H3,(H,25,26)/t13-/m0/s1. The molecule has 1 aromatic heterocycles. The SMILES string of the molecule is CCCOc1c(-c2cnn(C3CNC3)c2)ccc2c1CC[C@H](C)N2C(=O)O. The lowest BCUT2D eigenvalue weighted by Crippen LogP contribution is -2.43. The number of amides is 1. The van der Waals surface area contributed by atoms with Gasteiger partial charge >= 0.3 is 6.09 Å². The summed E-state index contributed by atoms with van der Waals surface area (Å²) in [5, 5.41) is 17.5. The van der Waals surface area contributed by atoms with Gasteiger partial charge in [0.25, 0.3) is 0 Å². The summed E-state index contributed by atoms with van der Waals surface area (Å²) in [7, 11) is 0. The molecule has 1 atom stereocenters. The van der Waals surface area contributed by atoms with Crippen LogP contribution in [0.25, 0.3) is 11.1 Å². The number of hydrogen-bond acceptors (Lipinski definition) is 4. The molecule has 0 bridgehead atoms. The first-order valence-corrected chi connectivity index (χ1v) is 9.66. The maximum Gasteiger partial charge on any atom is 0.412 e. The number of fused-ring (bicyclic) bond motifs is 1. The molecule has 7 heteroatoms. The van der Waals surface area contributed by atoms with Crippen LogP contribution in [0.2, 0.25) is 0 Å². The predicted molar refractivity (Wildman–Crippen MR) is 104 cm³/mol. The molecule has 0 saturated carbocycles. The van der Waals surface area contributed by atoms with Crippen molar-refractivity contribution in [1.29, 1.82) is 0 Å². The van der Waals surface area contributed by atoms with Gasteiger partial charge in [-0.3, -0.25) is 9.58 Å². The predicted octanol–water partition coefficient (Wildman–Crippen LogP) is 3.30. The first-order chi connectivity index (χ1) is 13.1. The lowest BCUT2D eigenvalue weighted by atomic mass is 9.92. The van der Waals surface area contributed by atoms with Gasteiger partial charge in [-0.2, -0.15) is 5.10 Å². The Morgan fingerprint density at radius 1 is 1.41 bits per heavy atom. The number of nitrogens with one attached hydrogen (secondary N) is 1. The number of nitrogens with zero attached hydrogens (tertiary/aromatic N) is 3. The average Bonchev–Trinajstić information content (AvgIpc) is 3.06. The molecule has 4 rings (SSSR count). The smallest absolute Gasteiger partial charge is 0.412 e. The zero-order valence-electron chi connectivity index (χ0n) is 15.8. The Hall–Kier alpha value is -2.54. The van der Waals surface area contributed by atoms with E-state index in [9.17, 15) is 9.90 Å². The van der Waals surface area contributed by atoms with Gasteiger partial charge in [-0.15, -0.1) is 0 Å². The van der Waals surface area contributed by atoms with Crippen molar-refractivity contribution in [3.05, 3.63) is 30.1 Å². The van der Waals surface area contributed by atoms with Crippen molar-refractivity contribution in [2.24, 2.45) is 0 Å². The molecule has 0 aliphatic carbocycles. The Kier molecular flexibility index (Phi) is 4.78. The van der Waals surface area contributed by atoms with Gasteiger partial charge in [-0.1, -0.05) is 6.92 Å². The fourth-order valence-electron chi connectivity index (χ4n) is 3.83. The summed E-state index contributed by atoms with van der Waals surface area (Å²) in [6.07, 6.45) is 5.52. The molecular weight excluding hydrogens is 344 g/mol. The maximum absolute atomic E-state index is 11.8. The molecule has 1 saturated heterocycles. The van der Waals surface area contributed by atoms with Crippen molar-refractivity contribution < 1.29 is 14.6 Å². The Morgan fingerprint density at radius 2 is 2.22 bits per heavy atom. The van der Waals surface area contributed by atoms with Gasteiger partial charge in [-0.05, 0) is 38.3 Å². The van der Waals surface area contributed by atoms with Crippen LogP contribution in [0, 0.1) is 0 Å². The third kappa shape index (κ3) is 3.16. The van der Waals surface area contributed by atoms with Crippen LogP contribution in [-0.2, 0) is 6.42 Å². The molecular formula is C20H26N4O3. The quantitative estimate of drug-likeness (QED) is 0.844. The molecule has 2 N–H and O–H groups in total. The van der Waals surface area contributed by atoms with Gasteiger partial charge in [0.2, 0.25) is 0 Å². The number of carbonyl (C=O) groups is 1. The molecule has 144 valence electrons. The Bertz CT molecular complexity index is 844. The first kappa shape index (κ1) is 17.9. The molecule has 1 aromatic carbocycles. The van der Waals surface area contributed by atoms with Crippen LogP contribution in [0.15, 0.2) is 24.5 Å². The Morgan fingerprint density at radius 3 is 2.89 bits per heavy atom. The topological polar surface area (TPSA) is 79.6 Å². The van der Waals surface area contributed by atoms with Crippen LogP contribution in [0.5, 0.6) is 5.75 Å². The zero-order chi connectivity index (χ0) is 19.0. The number of anilines is 1. The van der Waals surface area contributed by atoms with Crippen LogP contribution >= 0.6 is 0 Å². The molecule has 1 amide bonds. The maximum atomic E-state index is 11.8. The minimum atomic E-state index is -0.914. The molecule has 2 aliphatic rings. The lowest BCUT2D eigenvalue weighted by Gasteiger charge is -2.34. The van der Waals surface area contributed by atoms with Gasteiger partial charge in [0.05, 0.1) is 24.5 Å². The van der Waals surface area contributed by atoms with Crippen LogP contribution < -0.4 is 15.0 Å². The van der Waals surface area contributed by atoms with Gasteiger partial charge in [0.1, 0.15) is 5.75 Å². The second-order valence-corrected chi connectivity index (χ2v) is 7.35. The van der Waals surface area contributed by atoms with E-state index in [2.05, 4.69) is 23.5 Å². The summed E-state index contributed by atoms with van der Waals surface area (Å²) in [4.78, 5) is 13.3. The molecule has 0 spiro atoms. The number of rotatable bonds is 5. The highest BCUT2D eigenvalue weighted by atomic mass is 16.5. The van der Waals surface area contributed by atoms with E-state index in [0.29, 0.717) is 12.6 Å². The minimum Gasteiger partial charge on any atom is -0.493 e. The second-order valence-electron chi connectivity index (χ2n) is 7.35. The van der Waals surface area contributed by atoms with E-state index >= 15 is 0 Å². The van der Waals surface area contributed by atoms with Gasteiger partial charge < -0.3 is 15.2 Å². The third-order valence-corrected chi connectivity index (χ3v) is 5.45. The van der Waals surface area contributed by atoms with Crippen LogP contribution in [0.3, 0.4) is 0 Å². The number of aromatic nitrogens is 2. The fourth-order valence-corrected chi connectivity index (χ4v) is 3.83. The first-order valence-electron chi connectivity index (χ1n) is 9.66. The highest BCUT2D eigenvalue weighted by molar-refractivity contribution is 5.91. The molecule has 0 unspecified atom stereocenters. The van der Waals surface area contributed by atoms with Crippen LogP contribution in [0.1, 0.15) is 38.3 Å². The largest absolute Gasteiger partial charge is 0.493 e.